The van der Waals surface area contributed by atoms with Crippen LogP contribution in [0.5, 0.6) is 5.75 Å². The van der Waals surface area contributed by atoms with E-state index in [-0.39, 0.29) is 35.6 Å². The minimum absolute atomic E-state index is 0.204. The summed E-state index contributed by atoms with van der Waals surface area (Å²) in [7, 11) is 0. The van der Waals surface area contributed by atoms with E-state index in [0.717, 1.165) is 18.2 Å². The van der Waals surface area contributed by atoms with E-state index < -0.39 is 10.7 Å². The van der Waals surface area contributed by atoms with Gasteiger partial charge >= 0.3 is 5.69 Å². The average molecular weight is 457 g/mol. The van der Waals surface area contributed by atoms with Gasteiger partial charge in [-0.3, -0.25) is 19.8 Å². The zero-order valence-electron chi connectivity index (χ0n) is 17.6. The molecule has 2 heterocycles. The molecular formula is C22H21F2N5O4. The average Bonchev–Trinajstić information content (AvgIpc) is 3.28. The second-order valence-electron chi connectivity index (χ2n) is 7.54. The summed E-state index contributed by atoms with van der Waals surface area (Å²) in [4.78, 5) is 26.9. The number of hydrogen-bond acceptors (Lipinski definition) is 6. The Bertz CT molecular complexity index is 1160. The number of nitro benzene ring substituents is 1. The third-order valence-electron chi connectivity index (χ3n) is 5.34. The molecule has 0 saturated carbocycles. The maximum atomic E-state index is 13.9. The highest BCUT2D eigenvalue weighted by atomic mass is 19.1. The van der Waals surface area contributed by atoms with Crippen LogP contribution >= 0.6 is 0 Å². The number of benzene rings is 2. The number of piperazine rings is 1. The molecule has 0 radical (unpaired) electrons. The van der Waals surface area contributed by atoms with Crippen LogP contribution in [-0.4, -0.2) is 56.6 Å². The molecule has 2 aromatic carbocycles. The number of rotatable bonds is 7. The lowest BCUT2D eigenvalue weighted by atomic mass is 10.2. The first-order chi connectivity index (χ1) is 15.9. The van der Waals surface area contributed by atoms with Crippen LogP contribution in [0.4, 0.5) is 14.5 Å². The van der Waals surface area contributed by atoms with Gasteiger partial charge in [-0.05, 0) is 18.2 Å². The van der Waals surface area contributed by atoms with Gasteiger partial charge in [-0.15, -0.1) is 0 Å². The minimum Gasteiger partial charge on any atom is -0.464 e. The third kappa shape index (κ3) is 5.32. The van der Waals surface area contributed by atoms with E-state index in [4.69, 9.17) is 4.74 Å². The van der Waals surface area contributed by atoms with E-state index in [0.29, 0.717) is 38.3 Å². The molecule has 11 heteroatoms. The first-order valence-corrected chi connectivity index (χ1v) is 10.3. The molecule has 3 aromatic rings. The predicted molar refractivity (Wildman–Crippen MR) is 113 cm³/mol. The van der Waals surface area contributed by atoms with Crippen LogP contribution in [0, 0.1) is 21.7 Å². The Morgan fingerprint density at radius 1 is 1.09 bits per heavy atom. The number of amides is 1. The summed E-state index contributed by atoms with van der Waals surface area (Å²) in [5.74, 6) is -1.39. The van der Waals surface area contributed by atoms with Crippen molar-refractivity contribution in [2.75, 3.05) is 26.2 Å². The van der Waals surface area contributed by atoms with Gasteiger partial charge in [-0.2, -0.15) is 5.10 Å². The van der Waals surface area contributed by atoms with Gasteiger partial charge in [0.2, 0.25) is 5.75 Å². The van der Waals surface area contributed by atoms with Crippen molar-refractivity contribution in [1.29, 1.82) is 0 Å². The third-order valence-corrected chi connectivity index (χ3v) is 5.34. The van der Waals surface area contributed by atoms with Crippen molar-refractivity contribution in [2.45, 2.75) is 13.3 Å². The summed E-state index contributed by atoms with van der Waals surface area (Å²) in [5, 5.41) is 15.2. The highest BCUT2D eigenvalue weighted by Gasteiger charge is 2.24. The highest BCUT2D eigenvalue weighted by Crippen LogP contribution is 2.27. The monoisotopic (exact) mass is 457 g/mol. The summed E-state index contributed by atoms with van der Waals surface area (Å²) in [6, 6.07) is 11.1. The Morgan fingerprint density at radius 3 is 2.58 bits per heavy atom. The predicted octanol–water partition coefficient (Wildman–Crippen LogP) is 3.06. The van der Waals surface area contributed by atoms with Gasteiger partial charge < -0.3 is 9.64 Å². The summed E-state index contributed by atoms with van der Waals surface area (Å²) >= 11 is 0. The zero-order chi connectivity index (χ0) is 23.4. The number of carbonyl (C=O) groups excluding carboxylic acids is 1. The lowest BCUT2D eigenvalue weighted by molar-refractivity contribution is -0.386. The SMILES string of the molecule is O=C(c1ccn(COc2cc(F)ccc2[N+](=O)[O-])n1)N1CCN(Cc2ccccc2F)CC1. The first kappa shape index (κ1) is 22.3. The Labute approximate surface area is 187 Å². The van der Waals surface area contributed by atoms with E-state index >= 15 is 0 Å². The van der Waals surface area contributed by atoms with Crippen molar-refractivity contribution in [3.8, 4) is 5.75 Å². The molecule has 1 aliphatic rings. The molecule has 0 N–H and O–H groups in total. The smallest absolute Gasteiger partial charge is 0.311 e. The maximum Gasteiger partial charge on any atom is 0.311 e. The Kier molecular flexibility index (Phi) is 6.59. The summed E-state index contributed by atoms with van der Waals surface area (Å²) in [6.07, 6.45) is 1.51. The lowest BCUT2D eigenvalue weighted by Crippen LogP contribution is -2.48. The second-order valence-corrected chi connectivity index (χ2v) is 7.54. The summed E-state index contributed by atoms with van der Waals surface area (Å²) in [5.41, 5.74) is 0.456. The van der Waals surface area contributed by atoms with Crippen LogP contribution in [-0.2, 0) is 13.3 Å². The number of aromatic nitrogens is 2. The van der Waals surface area contributed by atoms with Crippen LogP contribution in [0.15, 0.2) is 54.7 Å². The number of carbonyl (C=O) groups is 1. The van der Waals surface area contributed by atoms with Gasteiger partial charge in [0, 0.05) is 56.6 Å². The van der Waals surface area contributed by atoms with Gasteiger partial charge in [0.25, 0.3) is 5.91 Å². The molecule has 0 bridgehead atoms. The number of hydrogen-bond donors (Lipinski definition) is 0. The van der Waals surface area contributed by atoms with E-state index in [2.05, 4.69) is 10.00 Å². The molecule has 0 spiro atoms. The first-order valence-electron chi connectivity index (χ1n) is 10.3. The van der Waals surface area contributed by atoms with Crippen LogP contribution in [0.1, 0.15) is 16.1 Å². The quantitative estimate of drug-likeness (QED) is 0.400. The van der Waals surface area contributed by atoms with Crippen molar-refractivity contribution >= 4 is 11.6 Å². The highest BCUT2D eigenvalue weighted by molar-refractivity contribution is 5.92. The largest absolute Gasteiger partial charge is 0.464 e. The van der Waals surface area contributed by atoms with E-state index in [1.165, 1.54) is 23.0 Å². The molecule has 9 nitrogen and oxygen atoms in total. The van der Waals surface area contributed by atoms with Gasteiger partial charge in [-0.25, -0.2) is 13.5 Å². The fourth-order valence-electron chi connectivity index (χ4n) is 3.58. The van der Waals surface area contributed by atoms with E-state index in [1.807, 2.05) is 0 Å². The molecule has 1 aliphatic heterocycles. The molecule has 0 unspecified atom stereocenters. The molecule has 4 rings (SSSR count). The molecule has 0 aliphatic carbocycles. The number of ether oxygens (including phenoxy) is 1. The van der Waals surface area contributed by atoms with Crippen molar-refractivity contribution in [3.63, 3.8) is 0 Å². The summed E-state index contributed by atoms with van der Waals surface area (Å²) in [6.45, 7) is 2.42. The molecule has 33 heavy (non-hydrogen) atoms. The van der Waals surface area contributed by atoms with Crippen molar-refractivity contribution in [3.05, 3.63) is 87.7 Å². The van der Waals surface area contributed by atoms with Gasteiger partial charge in [0.05, 0.1) is 4.92 Å². The molecule has 1 aromatic heterocycles. The van der Waals surface area contributed by atoms with Crippen LogP contribution in [0.3, 0.4) is 0 Å². The molecule has 1 fully saturated rings. The van der Waals surface area contributed by atoms with Crippen molar-refractivity contribution in [2.24, 2.45) is 0 Å². The lowest BCUT2D eigenvalue weighted by Gasteiger charge is -2.34. The van der Waals surface area contributed by atoms with Crippen LogP contribution in [0.2, 0.25) is 0 Å². The van der Waals surface area contributed by atoms with E-state index in [9.17, 15) is 23.7 Å². The number of nitrogens with zero attached hydrogens (tertiary/aromatic N) is 5. The van der Waals surface area contributed by atoms with Crippen molar-refractivity contribution in [1.82, 2.24) is 19.6 Å². The van der Waals surface area contributed by atoms with E-state index in [1.54, 1.807) is 23.1 Å². The zero-order valence-corrected chi connectivity index (χ0v) is 17.6. The van der Waals surface area contributed by atoms with Crippen LogP contribution < -0.4 is 4.74 Å². The number of nitro groups is 1. The second kappa shape index (κ2) is 9.74. The summed E-state index contributed by atoms with van der Waals surface area (Å²) < 4.78 is 33.9. The Hall–Kier alpha value is -3.86. The minimum atomic E-state index is -0.668. The molecular weight excluding hydrogens is 436 g/mol. The topological polar surface area (TPSA) is 93.7 Å². The standard InChI is InChI=1S/C22H21F2N5O4/c23-17-5-6-20(29(31)32)21(13-17)33-15-28-8-7-19(25-28)22(30)27-11-9-26(10-12-27)14-16-3-1-2-4-18(16)24/h1-8,13H,9-12,14-15H2. The maximum absolute atomic E-state index is 13.9. The van der Waals surface area contributed by atoms with Crippen molar-refractivity contribution < 1.29 is 23.2 Å². The van der Waals surface area contributed by atoms with Gasteiger partial charge in [-0.1, -0.05) is 18.2 Å². The molecule has 172 valence electrons. The van der Waals surface area contributed by atoms with Gasteiger partial charge in [0.15, 0.2) is 12.4 Å². The normalized spacial score (nSPS) is 14.3. The molecule has 1 saturated heterocycles. The molecule has 1 amide bonds. The fourth-order valence-corrected chi connectivity index (χ4v) is 3.58. The Balaban J connectivity index is 1.32. The fraction of sp³-hybridized carbons (Fsp3) is 0.273. The number of halogens is 2. The Morgan fingerprint density at radius 2 is 1.85 bits per heavy atom. The van der Waals surface area contributed by atoms with Crippen LogP contribution in [0.25, 0.3) is 0 Å². The molecule has 0 atom stereocenters. The van der Waals surface area contributed by atoms with Gasteiger partial charge in [0.1, 0.15) is 11.6 Å².